The van der Waals surface area contributed by atoms with Gasteiger partial charge in [0.15, 0.2) is 0 Å². The van der Waals surface area contributed by atoms with Crippen LogP contribution in [0.2, 0.25) is 5.02 Å². The minimum absolute atomic E-state index is 0.0661. The molecule has 1 rings (SSSR count). The highest BCUT2D eigenvalue weighted by Crippen LogP contribution is 2.21. The van der Waals surface area contributed by atoms with E-state index in [0.717, 1.165) is 6.07 Å². The smallest absolute Gasteiger partial charge is 0.384 e. The summed E-state index contributed by atoms with van der Waals surface area (Å²) in [7, 11) is 1.20. The Morgan fingerprint density at radius 3 is 2.87 bits per heavy atom. The molecule has 78 valence electrons. The lowest BCUT2D eigenvalue weighted by atomic mass is 10.2. The van der Waals surface area contributed by atoms with E-state index in [1.807, 2.05) is 0 Å². The van der Waals surface area contributed by atoms with Crippen LogP contribution in [0.15, 0.2) is 12.1 Å². The minimum atomic E-state index is -0.719. The second kappa shape index (κ2) is 4.67. The van der Waals surface area contributed by atoms with E-state index in [0.29, 0.717) is 0 Å². The SMILES string of the molecule is COC(=O)C#Cc1cc(F)c(N)cc1Cl. The highest BCUT2D eigenvalue weighted by atomic mass is 35.5. The highest BCUT2D eigenvalue weighted by molar-refractivity contribution is 6.32. The van der Waals surface area contributed by atoms with E-state index in [-0.39, 0.29) is 16.3 Å². The van der Waals surface area contributed by atoms with Gasteiger partial charge >= 0.3 is 5.97 Å². The van der Waals surface area contributed by atoms with Crippen LogP contribution in [0.3, 0.4) is 0 Å². The van der Waals surface area contributed by atoms with Crippen LogP contribution >= 0.6 is 11.6 Å². The highest BCUT2D eigenvalue weighted by Gasteiger charge is 2.04. The van der Waals surface area contributed by atoms with Gasteiger partial charge in [-0.05, 0) is 12.1 Å². The summed E-state index contributed by atoms with van der Waals surface area (Å²) in [6.07, 6.45) is 0. The zero-order valence-electron chi connectivity index (χ0n) is 7.80. The van der Waals surface area contributed by atoms with Crippen molar-refractivity contribution in [1.82, 2.24) is 0 Å². The van der Waals surface area contributed by atoms with E-state index in [2.05, 4.69) is 16.6 Å². The van der Waals surface area contributed by atoms with Crippen molar-refractivity contribution in [3.63, 3.8) is 0 Å². The Morgan fingerprint density at radius 2 is 2.27 bits per heavy atom. The predicted octanol–water partition coefficient (Wildman–Crippen LogP) is 1.59. The van der Waals surface area contributed by atoms with Gasteiger partial charge in [-0.2, -0.15) is 0 Å². The van der Waals surface area contributed by atoms with Crippen LogP contribution in [0.4, 0.5) is 10.1 Å². The summed E-state index contributed by atoms with van der Waals surface area (Å²) in [6, 6.07) is 2.30. The van der Waals surface area contributed by atoms with E-state index < -0.39 is 11.8 Å². The van der Waals surface area contributed by atoms with Gasteiger partial charge in [-0.1, -0.05) is 17.5 Å². The van der Waals surface area contributed by atoms with Crippen molar-refractivity contribution in [3.05, 3.63) is 28.5 Å². The number of rotatable bonds is 0. The van der Waals surface area contributed by atoms with Crippen LogP contribution in [0.1, 0.15) is 5.56 Å². The molecule has 2 N–H and O–H groups in total. The van der Waals surface area contributed by atoms with E-state index in [1.165, 1.54) is 13.2 Å². The maximum Gasteiger partial charge on any atom is 0.384 e. The Kier molecular flexibility index (Phi) is 3.53. The molecule has 0 saturated carbocycles. The van der Waals surface area contributed by atoms with Crippen molar-refractivity contribution in [1.29, 1.82) is 0 Å². The van der Waals surface area contributed by atoms with E-state index >= 15 is 0 Å². The van der Waals surface area contributed by atoms with Crippen LogP contribution in [0.5, 0.6) is 0 Å². The van der Waals surface area contributed by atoms with Crippen molar-refractivity contribution in [2.45, 2.75) is 0 Å². The molecule has 5 heteroatoms. The molecule has 1 aromatic rings. The average molecular weight is 228 g/mol. The molecule has 0 heterocycles. The Balaban J connectivity index is 3.09. The first-order valence-electron chi connectivity index (χ1n) is 3.89. The Hall–Kier alpha value is -1.73. The molecule has 0 aromatic heterocycles. The molecule has 0 aliphatic rings. The second-order valence-electron chi connectivity index (χ2n) is 2.60. The first kappa shape index (κ1) is 11.3. The van der Waals surface area contributed by atoms with Gasteiger partial charge in [-0.15, -0.1) is 0 Å². The molecule has 15 heavy (non-hydrogen) atoms. The molecule has 0 radical (unpaired) electrons. The van der Waals surface area contributed by atoms with Crippen LogP contribution in [0.25, 0.3) is 0 Å². The maximum absolute atomic E-state index is 13.0. The fourth-order valence-electron chi connectivity index (χ4n) is 0.827. The molecule has 0 saturated heterocycles. The third-order valence-electron chi connectivity index (χ3n) is 1.57. The van der Waals surface area contributed by atoms with Crippen LogP contribution in [-0.2, 0) is 9.53 Å². The molecular weight excluding hydrogens is 221 g/mol. The van der Waals surface area contributed by atoms with Gasteiger partial charge in [-0.3, -0.25) is 0 Å². The first-order chi connectivity index (χ1) is 7.04. The molecule has 0 bridgehead atoms. The quantitative estimate of drug-likeness (QED) is 0.416. The molecule has 0 unspecified atom stereocenters. The second-order valence-corrected chi connectivity index (χ2v) is 3.00. The van der Waals surface area contributed by atoms with Gasteiger partial charge in [0.25, 0.3) is 0 Å². The largest absolute Gasteiger partial charge is 0.459 e. The molecular formula is C10H7ClFNO2. The monoisotopic (exact) mass is 227 g/mol. The van der Waals surface area contributed by atoms with Gasteiger partial charge in [0.05, 0.1) is 17.8 Å². The molecule has 0 fully saturated rings. The Bertz CT molecular complexity index is 462. The fourth-order valence-corrected chi connectivity index (χ4v) is 1.05. The number of nitrogen functional groups attached to an aromatic ring is 1. The molecule has 0 aliphatic heterocycles. The van der Waals surface area contributed by atoms with Gasteiger partial charge in [-0.25, -0.2) is 9.18 Å². The summed E-state index contributed by atoms with van der Waals surface area (Å²) < 4.78 is 17.3. The van der Waals surface area contributed by atoms with Crippen molar-refractivity contribution in [2.75, 3.05) is 12.8 Å². The standard InChI is InChI=1S/C10H7ClFNO2/c1-15-10(14)3-2-6-4-8(12)9(13)5-7(6)11/h4-5H,13H2,1H3. The fraction of sp³-hybridized carbons (Fsp3) is 0.100. The lowest BCUT2D eigenvalue weighted by molar-refractivity contribution is -0.133. The zero-order valence-corrected chi connectivity index (χ0v) is 8.56. The van der Waals surface area contributed by atoms with Crippen molar-refractivity contribution < 1.29 is 13.9 Å². The number of ether oxygens (including phenoxy) is 1. The first-order valence-corrected chi connectivity index (χ1v) is 4.27. The average Bonchev–Trinajstić information content (AvgIpc) is 2.21. The van der Waals surface area contributed by atoms with Gasteiger partial charge in [0.2, 0.25) is 0 Å². The van der Waals surface area contributed by atoms with Gasteiger partial charge in [0.1, 0.15) is 5.82 Å². The topological polar surface area (TPSA) is 52.3 Å². The lowest BCUT2D eigenvalue weighted by Crippen LogP contribution is -1.95. The normalized spacial score (nSPS) is 9.00. The third kappa shape index (κ3) is 2.86. The molecule has 0 aliphatic carbocycles. The van der Waals surface area contributed by atoms with Crippen molar-refractivity contribution in [2.24, 2.45) is 0 Å². The summed E-state index contributed by atoms with van der Waals surface area (Å²) in [5, 5.41) is 0.185. The van der Waals surface area contributed by atoms with Gasteiger partial charge in [0, 0.05) is 11.5 Å². The number of carbonyl (C=O) groups excluding carboxylic acids is 1. The van der Waals surface area contributed by atoms with Crippen molar-refractivity contribution in [3.8, 4) is 11.8 Å². The lowest BCUT2D eigenvalue weighted by Gasteiger charge is -1.99. The van der Waals surface area contributed by atoms with Crippen LogP contribution < -0.4 is 5.73 Å². The number of esters is 1. The molecule has 0 atom stereocenters. The minimum Gasteiger partial charge on any atom is -0.459 e. The van der Waals surface area contributed by atoms with E-state index in [1.54, 1.807) is 0 Å². The van der Waals surface area contributed by atoms with Crippen molar-refractivity contribution >= 4 is 23.3 Å². The Labute approximate surface area is 91.0 Å². The summed E-state index contributed by atoms with van der Waals surface area (Å²) in [6.45, 7) is 0. The predicted molar refractivity (Wildman–Crippen MR) is 54.7 cm³/mol. The number of hydrogen-bond donors (Lipinski definition) is 1. The number of anilines is 1. The summed E-state index contributed by atoms with van der Waals surface area (Å²) >= 11 is 5.73. The maximum atomic E-state index is 13.0. The van der Waals surface area contributed by atoms with Crippen LogP contribution in [-0.4, -0.2) is 13.1 Å². The summed E-state index contributed by atoms with van der Waals surface area (Å²) in [5.41, 5.74) is 5.39. The number of benzene rings is 1. The van der Waals surface area contributed by atoms with Gasteiger partial charge < -0.3 is 10.5 Å². The summed E-state index contributed by atoms with van der Waals surface area (Å²) in [4.78, 5) is 10.7. The van der Waals surface area contributed by atoms with E-state index in [4.69, 9.17) is 17.3 Å². The number of carbonyl (C=O) groups is 1. The van der Waals surface area contributed by atoms with E-state index in [9.17, 15) is 9.18 Å². The number of halogens is 2. The number of hydrogen-bond acceptors (Lipinski definition) is 3. The molecule has 0 spiro atoms. The molecule has 0 amide bonds. The summed E-state index contributed by atoms with van der Waals surface area (Å²) in [5.74, 6) is 3.16. The molecule has 1 aromatic carbocycles. The zero-order chi connectivity index (χ0) is 11.4. The number of nitrogens with two attached hydrogens (primary N) is 1. The molecule has 3 nitrogen and oxygen atoms in total. The van der Waals surface area contributed by atoms with Crippen LogP contribution in [0, 0.1) is 17.7 Å². The number of methoxy groups -OCH3 is 1. The Morgan fingerprint density at radius 1 is 1.60 bits per heavy atom. The third-order valence-corrected chi connectivity index (χ3v) is 1.88.